The number of ether oxygens (including phenoxy) is 1. The number of anilines is 1. The lowest BCUT2D eigenvalue weighted by Gasteiger charge is -2.34. The highest BCUT2D eigenvalue weighted by atomic mass is 32.1. The van der Waals surface area contributed by atoms with Crippen molar-refractivity contribution in [2.45, 2.75) is 12.8 Å². The van der Waals surface area contributed by atoms with Crippen LogP contribution < -0.4 is 11.1 Å². The quantitative estimate of drug-likeness (QED) is 0.333. The zero-order valence-corrected chi connectivity index (χ0v) is 10.6. The van der Waals surface area contributed by atoms with E-state index in [0.717, 1.165) is 5.69 Å². The van der Waals surface area contributed by atoms with E-state index in [0.29, 0.717) is 26.1 Å². The fraction of sp³-hybridized carbons (Fsp3) is 0.455. The molecule has 2 rings (SSSR count). The Labute approximate surface area is 108 Å². The van der Waals surface area contributed by atoms with Gasteiger partial charge in [0.05, 0.1) is 5.69 Å². The lowest BCUT2D eigenvalue weighted by atomic mass is 9.78. The molecule has 7 heteroatoms. The van der Waals surface area contributed by atoms with Crippen molar-refractivity contribution in [3.05, 3.63) is 16.8 Å². The normalized spacial score (nSPS) is 19.4. The van der Waals surface area contributed by atoms with Gasteiger partial charge < -0.3 is 21.0 Å². The number of thiophene rings is 1. The summed E-state index contributed by atoms with van der Waals surface area (Å²) in [6.45, 7) is 0.848. The number of carbonyl (C=O) groups is 1. The highest BCUT2D eigenvalue weighted by Crippen LogP contribution is 2.32. The van der Waals surface area contributed by atoms with Gasteiger partial charge in [-0.25, -0.2) is 0 Å². The fourth-order valence-corrected chi connectivity index (χ4v) is 2.59. The minimum absolute atomic E-state index is 0.0569. The summed E-state index contributed by atoms with van der Waals surface area (Å²) in [6, 6.07) is 1.81. The predicted molar refractivity (Wildman–Crippen MR) is 68.8 cm³/mol. The number of nitrogens with two attached hydrogens (primary N) is 1. The molecule has 6 nitrogen and oxygen atoms in total. The molecule has 0 spiro atoms. The van der Waals surface area contributed by atoms with Crippen LogP contribution in [0.25, 0.3) is 0 Å². The van der Waals surface area contributed by atoms with E-state index in [2.05, 4.69) is 10.5 Å². The van der Waals surface area contributed by atoms with Crippen LogP contribution in [0.15, 0.2) is 22.0 Å². The van der Waals surface area contributed by atoms with Crippen molar-refractivity contribution in [1.82, 2.24) is 0 Å². The van der Waals surface area contributed by atoms with Gasteiger partial charge in [-0.2, -0.15) is 11.3 Å². The maximum atomic E-state index is 12.4. The Morgan fingerprint density at radius 2 is 2.28 bits per heavy atom. The Bertz CT molecular complexity index is 438. The van der Waals surface area contributed by atoms with Gasteiger partial charge in [0.2, 0.25) is 5.91 Å². The molecule has 98 valence electrons. The summed E-state index contributed by atoms with van der Waals surface area (Å²) < 4.78 is 5.23. The number of nitrogens with zero attached hydrogens (tertiary/aromatic N) is 1. The predicted octanol–water partition coefficient (Wildman–Crippen LogP) is 1.23. The van der Waals surface area contributed by atoms with Gasteiger partial charge in [-0.1, -0.05) is 5.16 Å². The standard InChI is InChI=1S/C11H15N3O3S/c12-9(14-16)11(2-4-17-5-3-11)10(15)13-8-1-6-18-7-8/h1,6-7,16H,2-5H2,(H2,12,14)(H,13,15). The highest BCUT2D eigenvalue weighted by Gasteiger charge is 2.44. The second-order valence-electron chi connectivity index (χ2n) is 4.15. The average Bonchev–Trinajstić information content (AvgIpc) is 2.91. The largest absolute Gasteiger partial charge is 0.409 e. The molecule has 18 heavy (non-hydrogen) atoms. The molecule has 0 radical (unpaired) electrons. The maximum Gasteiger partial charge on any atom is 0.238 e. The summed E-state index contributed by atoms with van der Waals surface area (Å²) in [5.74, 6) is -0.307. The molecular weight excluding hydrogens is 254 g/mol. The summed E-state index contributed by atoms with van der Waals surface area (Å²) in [6.07, 6.45) is 0.831. The van der Waals surface area contributed by atoms with Crippen molar-refractivity contribution in [2.24, 2.45) is 16.3 Å². The first-order chi connectivity index (χ1) is 8.69. The molecule has 1 aromatic rings. The molecule has 2 heterocycles. The van der Waals surface area contributed by atoms with Gasteiger partial charge in [-0.05, 0) is 24.3 Å². The van der Waals surface area contributed by atoms with Crippen molar-refractivity contribution < 1.29 is 14.7 Å². The van der Waals surface area contributed by atoms with Crippen molar-refractivity contribution in [3.63, 3.8) is 0 Å². The van der Waals surface area contributed by atoms with E-state index in [4.69, 9.17) is 15.7 Å². The number of nitrogens with one attached hydrogen (secondary N) is 1. The monoisotopic (exact) mass is 269 g/mol. The Hall–Kier alpha value is -1.60. The topological polar surface area (TPSA) is 96.9 Å². The van der Waals surface area contributed by atoms with Crippen LogP contribution in [-0.2, 0) is 9.53 Å². The van der Waals surface area contributed by atoms with Gasteiger partial charge in [-0.3, -0.25) is 4.79 Å². The Morgan fingerprint density at radius 3 is 2.83 bits per heavy atom. The van der Waals surface area contributed by atoms with E-state index < -0.39 is 5.41 Å². The van der Waals surface area contributed by atoms with E-state index in [1.54, 1.807) is 0 Å². The molecular formula is C11H15N3O3S. The Kier molecular flexibility index (Phi) is 3.83. The molecule has 1 aromatic heterocycles. The molecule has 1 aliphatic heterocycles. The van der Waals surface area contributed by atoms with E-state index in [1.807, 2.05) is 16.8 Å². The third-order valence-electron chi connectivity index (χ3n) is 3.16. The van der Waals surface area contributed by atoms with E-state index in [-0.39, 0.29) is 11.7 Å². The molecule has 1 amide bonds. The maximum absolute atomic E-state index is 12.4. The van der Waals surface area contributed by atoms with Gasteiger partial charge >= 0.3 is 0 Å². The number of amidine groups is 1. The molecule has 0 unspecified atom stereocenters. The molecule has 0 atom stereocenters. The molecule has 0 aliphatic carbocycles. The van der Waals surface area contributed by atoms with Gasteiger partial charge in [0.25, 0.3) is 0 Å². The molecule has 1 saturated heterocycles. The molecule has 0 bridgehead atoms. The second-order valence-corrected chi connectivity index (χ2v) is 4.93. The smallest absolute Gasteiger partial charge is 0.238 e. The second kappa shape index (κ2) is 5.36. The molecule has 0 aromatic carbocycles. The van der Waals surface area contributed by atoms with Crippen LogP contribution >= 0.6 is 11.3 Å². The van der Waals surface area contributed by atoms with Gasteiger partial charge in [0.15, 0.2) is 5.84 Å². The number of hydrogen-bond acceptors (Lipinski definition) is 5. The first-order valence-electron chi connectivity index (χ1n) is 5.58. The summed E-state index contributed by atoms with van der Waals surface area (Å²) in [7, 11) is 0. The van der Waals surface area contributed by atoms with Crippen LogP contribution in [-0.4, -0.2) is 30.2 Å². The van der Waals surface area contributed by atoms with Crippen molar-refractivity contribution >= 4 is 28.8 Å². The lowest BCUT2D eigenvalue weighted by molar-refractivity contribution is -0.126. The zero-order valence-electron chi connectivity index (χ0n) is 9.76. The summed E-state index contributed by atoms with van der Waals surface area (Å²) in [4.78, 5) is 12.4. The number of carbonyl (C=O) groups excluding carboxylic acids is 1. The molecule has 4 N–H and O–H groups in total. The minimum Gasteiger partial charge on any atom is -0.409 e. The number of rotatable bonds is 3. The lowest BCUT2D eigenvalue weighted by Crippen LogP contribution is -2.50. The van der Waals surface area contributed by atoms with Gasteiger partial charge in [-0.15, -0.1) is 0 Å². The van der Waals surface area contributed by atoms with Crippen LogP contribution in [0.2, 0.25) is 0 Å². The summed E-state index contributed by atoms with van der Waals surface area (Å²) >= 11 is 1.49. The van der Waals surface area contributed by atoms with E-state index >= 15 is 0 Å². The Balaban J connectivity index is 2.21. The number of oxime groups is 1. The third-order valence-corrected chi connectivity index (χ3v) is 3.84. The van der Waals surface area contributed by atoms with Crippen LogP contribution in [0.4, 0.5) is 5.69 Å². The minimum atomic E-state index is -0.977. The highest BCUT2D eigenvalue weighted by molar-refractivity contribution is 7.08. The fourth-order valence-electron chi connectivity index (χ4n) is 2.00. The average molecular weight is 269 g/mol. The van der Waals surface area contributed by atoms with Crippen molar-refractivity contribution in [1.29, 1.82) is 0 Å². The number of amides is 1. The van der Waals surface area contributed by atoms with Gasteiger partial charge in [0.1, 0.15) is 5.41 Å². The van der Waals surface area contributed by atoms with E-state index in [9.17, 15) is 4.79 Å². The molecule has 1 fully saturated rings. The number of hydrogen-bond donors (Lipinski definition) is 3. The third kappa shape index (κ3) is 2.32. The van der Waals surface area contributed by atoms with Crippen molar-refractivity contribution in [3.8, 4) is 0 Å². The van der Waals surface area contributed by atoms with Crippen LogP contribution in [0.3, 0.4) is 0 Å². The molecule has 0 saturated carbocycles. The first kappa shape index (κ1) is 12.8. The van der Waals surface area contributed by atoms with Crippen LogP contribution in [0, 0.1) is 5.41 Å². The van der Waals surface area contributed by atoms with E-state index in [1.165, 1.54) is 11.3 Å². The first-order valence-corrected chi connectivity index (χ1v) is 6.53. The van der Waals surface area contributed by atoms with Gasteiger partial charge in [0, 0.05) is 18.6 Å². The SMILES string of the molecule is NC(=NO)C1(C(=O)Nc2ccsc2)CCOCC1. The van der Waals surface area contributed by atoms with Crippen LogP contribution in [0.5, 0.6) is 0 Å². The summed E-state index contributed by atoms with van der Waals surface area (Å²) in [5, 5.41) is 18.4. The summed E-state index contributed by atoms with van der Waals surface area (Å²) in [5.41, 5.74) is 5.45. The van der Waals surface area contributed by atoms with Crippen LogP contribution in [0.1, 0.15) is 12.8 Å². The Morgan fingerprint density at radius 1 is 1.56 bits per heavy atom. The van der Waals surface area contributed by atoms with Crippen molar-refractivity contribution in [2.75, 3.05) is 18.5 Å². The molecule has 1 aliphatic rings. The zero-order chi connectivity index (χ0) is 13.0.